The summed E-state index contributed by atoms with van der Waals surface area (Å²) in [6, 6.07) is 6.82. The summed E-state index contributed by atoms with van der Waals surface area (Å²) in [5, 5.41) is 3.37. The first-order valence-corrected chi connectivity index (χ1v) is 9.45. The van der Waals surface area contributed by atoms with Gasteiger partial charge in [-0.3, -0.25) is 14.4 Å². The molecule has 0 saturated carbocycles. The van der Waals surface area contributed by atoms with E-state index in [1.54, 1.807) is 24.3 Å². The van der Waals surface area contributed by atoms with Crippen LogP contribution in [0.4, 0.5) is 5.69 Å². The number of hydrogen-bond donors (Lipinski definition) is 1. The Morgan fingerprint density at radius 2 is 1.63 bits per heavy atom. The standard InChI is InChI=1S/C20H26N2O5/c1-2-3-4-5-6-7-17(23)21-16-10-8-15(9-11-16)14-20(26)27-22-18(24)12-13-19(22)25/h8-11H,2-7,12-14H2,1H3,(H,21,23). The highest BCUT2D eigenvalue weighted by atomic mass is 16.7. The number of carbonyl (C=O) groups excluding carboxylic acids is 4. The monoisotopic (exact) mass is 374 g/mol. The van der Waals surface area contributed by atoms with Crippen molar-refractivity contribution in [1.29, 1.82) is 0 Å². The number of amides is 3. The summed E-state index contributed by atoms with van der Waals surface area (Å²) in [4.78, 5) is 51.5. The van der Waals surface area contributed by atoms with Crippen molar-refractivity contribution in [2.24, 2.45) is 0 Å². The minimum absolute atomic E-state index is 0.0234. The average molecular weight is 374 g/mol. The van der Waals surface area contributed by atoms with Gasteiger partial charge in [0, 0.05) is 24.9 Å². The van der Waals surface area contributed by atoms with Crippen LogP contribution in [0.1, 0.15) is 63.9 Å². The van der Waals surface area contributed by atoms with Crippen LogP contribution in [0.25, 0.3) is 0 Å². The van der Waals surface area contributed by atoms with E-state index in [-0.39, 0.29) is 25.2 Å². The molecule has 1 aliphatic heterocycles. The van der Waals surface area contributed by atoms with Gasteiger partial charge < -0.3 is 10.2 Å². The zero-order chi connectivity index (χ0) is 19.6. The first-order valence-electron chi connectivity index (χ1n) is 9.45. The molecule has 0 spiro atoms. The SMILES string of the molecule is CCCCCCCC(=O)Nc1ccc(CC(=O)ON2C(=O)CCC2=O)cc1. The normalized spacial score (nSPS) is 13.7. The van der Waals surface area contributed by atoms with Crippen molar-refractivity contribution in [2.75, 3.05) is 5.32 Å². The fourth-order valence-electron chi connectivity index (χ4n) is 2.78. The molecule has 1 aliphatic rings. The Balaban J connectivity index is 1.74. The highest BCUT2D eigenvalue weighted by Crippen LogP contribution is 2.15. The summed E-state index contributed by atoms with van der Waals surface area (Å²) in [5.74, 6) is -1.70. The lowest BCUT2D eigenvalue weighted by Crippen LogP contribution is -2.32. The number of benzene rings is 1. The molecule has 1 aromatic rings. The number of hydroxylamine groups is 2. The lowest BCUT2D eigenvalue weighted by Gasteiger charge is -2.12. The molecular weight excluding hydrogens is 348 g/mol. The molecule has 0 bridgehead atoms. The third kappa shape index (κ3) is 6.84. The predicted octanol–water partition coefficient (Wildman–Crippen LogP) is 3.14. The molecule has 3 amide bonds. The van der Waals surface area contributed by atoms with E-state index in [1.165, 1.54) is 12.8 Å². The molecule has 27 heavy (non-hydrogen) atoms. The minimum Gasteiger partial charge on any atom is -0.330 e. The Bertz CT molecular complexity index is 668. The van der Waals surface area contributed by atoms with Gasteiger partial charge in [0.15, 0.2) is 0 Å². The Labute approximate surface area is 159 Å². The van der Waals surface area contributed by atoms with Gasteiger partial charge in [-0.2, -0.15) is 0 Å². The molecular formula is C20H26N2O5. The molecule has 7 heteroatoms. The smallest absolute Gasteiger partial charge is 0.330 e. The summed E-state index contributed by atoms with van der Waals surface area (Å²) in [6.07, 6.45) is 6.04. The fourth-order valence-corrected chi connectivity index (χ4v) is 2.78. The number of unbranched alkanes of at least 4 members (excludes halogenated alkanes) is 4. The Morgan fingerprint density at radius 1 is 1.00 bits per heavy atom. The molecule has 2 rings (SSSR count). The van der Waals surface area contributed by atoms with Crippen LogP contribution in [0.2, 0.25) is 0 Å². The maximum Gasteiger partial charge on any atom is 0.337 e. The quantitative estimate of drug-likeness (QED) is 0.502. The van der Waals surface area contributed by atoms with E-state index in [2.05, 4.69) is 12.2 Å². The van der Waals surface area contributed by atoms with Crippen LogP contribution in [0.15, 0.2) is 24.3 Å². The number of carbonyl (C=O) groups is 4. The number of hydrogen-bond acceptors (Lipinski definition) is 5. The van der Waals surface area contributed by atoms with Gasteiger partial charge in [-0.1, -0.05) is 44.7 Å². The van der Waals surface area contributed by atoms with Gasteiger partial charge in [0.2, 0.25) is 5.91 Å². The third-order valence-corrected chi connectivity index (χ3v) is 4.29. The lowest BCUT2D eigenvalue weighted by molar-refractivity contribution is -0.197. The molecule has 1 fully saturated rings. The summed E-state index contributed by atoms with van der Waals surface area (Å²) in [5.41, 5.74) is 1.33. The van der Waals surface area contributed by atoms with Crippen molar-refractivity contribution >= 4 is 29.4 Å². The average Bonchev–Trinajstić information content (AvgIpc) is 2.95. The zero-order valence-corrected chi connectivity index (χ0v) is 15.7. The molecule has 1 heterocycles. The maximum atomic E-state index is 11.9. The molecule has 1 N–H and O–H groups in total. The largest absolute Gasteiger partial charge is 0.337 e. The summed E-state index contributed by atoms with van der Waals surface area (Å²) < 4.78 is 0. The Kier molecular flexibility index (Phi) is 7.98. The molecule has 1 saturated heterocycles. The Hall–Kier alpha value is -2.70. The highest BCUT2D eigenvalue weighted by Gasteiger charge is 2.32. The molecule has 0 atom stereocenters. The van der Waals surface area contributed by atoms with E-state index in [1.807, 2.05) is 0 Å². The van der Waals surface area contributed by atoms with E-state index >= 15 is 0 Å². The molecule has 7 nitrogen and oxygen atoms in total. The topological polar surface area (TPSA) is 92.8 Å². The van der Waals surface area contributed by atoms with Gasteiger partial charge in [0.1, 0.15) is 0 Å². The number of anilines is 1. The van der Waals surface area contributed by atoms with E-state index < -0.39 is 17.8 Å². The number of nitrogens with one attached hydrogen (secondary N) is 1. The van der Waals surface area contributed by atoms with Gasteiger partial charge in [-0.15, -0.1) is 5.06 Å². The van der Waals surface area contributed by atoms with Gasteiger partial charge in [0.25, 0.3) is 11.8 Å². The van der Waals surface area contributed by atoms with Crippen molar-refractivity contribution in [2.45, 2.75) is 64.7 Å². The van der Waals surface area contributed by atoms with Crippen LogP contribution in [0, 0.1) is 0 Å². The van der Waals surface area contributed by atoms with Crippen molar-refractivity contribution in [3.8, 4) is 0 Å². The van der Waals surface area contributed by atoms with Crippen molar-refractivity contribution < 1.29 is 24.0 Å². The van der Waals surface area contributed by atoms with Gasteiger partial charge >= 0.3 is 5.97 Å². The van der Waals surface area contributed by atoms with Crippen LogP contribution >= 0.6 is 0 Å². The first-order chi connectivity index (χ1) is 13.0. The number of nitrogens with zero attached hydrogens (tertiary/aromatic N) is 1. The summed E-state index contributed by atoms with van der Waals surface area (Å²) in [6.45, 7) is 2.15. The lowest BCUT2D eigenvalue weighted by atomic mass is 10.1. The van der Waals surface area contributed by atoms with Crippen molar-refractivity contribution in [1.82, 2.24) is 5.06 Å². The zero-order valence-electron chi connectivity index (χ0n) is 15.7. The van der Waals surface area contributed by atoms with E-state index in [0.717, 1.165) is 19.3 Å². The maximum absolute atomic E-state index is 11.9. The molecule has 0 aliphatic carbocycles. The van der Waals surface area contributed by atoms with E-state index in [4.69, 9.17) is 4.84 Å². The van der Waals surface area contributed by atoms with Crippen LogP contribution in [-0.2, 0) is 30.4 Å². The fraction of sp³-hybridized carbons (Fsp3) is 0.500. The second-order valence-corrected chi connectivity index (χ2v) is 6.63. The third-order valence-electron chi connectivity index (χ3n) is 4.29. The number of rotatable bonds is 10. The minimum atomic E-state index is -0.678. The summed E-state index contributed by atoms with van der Waals surface area (Å²) >= 11 is 0. The molecule has 0 unspecified atom stereocenters. The van der Waals surface area contributed by atoms with Gasteiger partial charge in [-0.25, -0.2) is 4.79 Å². The first kappa shape index (κ1) is 20.6. The molecule has 0 radical (unpaired) electrons. The second kappa shape index (κ2) is 10.4. The predicted molar refractivity (Wildman–Crippen MR) is 99.3 cm³/mol. The van der Waals surface area contributed by atoms with Crippen LogP contribution in [0.5, 0.6) is 0 Å². The van der Waals surface area contributed by atoms with Gasteiger partial charge in [-0.05, 0) is 24.1 Å². The van der Waals surface area contributed by atoms with Crippen LogP contribution < -0.4 is 5.32 Å². The molecule has 0 aromatic heterocycles. The van der Waals surface area contributed by atoms with Crippen LogP contribution in [0.3, 0.4) is 0 Å². The van der Waals surface area contributed by atoms with Crippen LogP contribution in [-0.4, -0.2) is 28.8 Å². The van der Waals surface area contributed by atoms with Gasteiger partial charge in [0.05, 0.1) is 6.42 Å². The highest BCUT2D eigenvalue weighted by molar-refractivity contribution is 6.01. The Morgan fingerprint density at radius 3 is 2.26 bits per heavy atom. The summed E-state index contributed by atoms with van der Waals surface area (Å²) in [7, 11) is 0. The van der Waals surface area contributed by atoms with Crippen molar-refractivity contribution in [3.05, 3.63) is 29.8 Å². The van der Waals surface area contributed by atoms with E-state index in [0.29, 0.717) is 22.7 Å². The van der Waals surface area contributed by atoms with E-state index in [9.17, 15) is 19.2 Å². The molecule has 146 valence electrons. The van der Waals surface area contributed by atoms with Crippen molar-refractivity contribution in [3.63, 3.8) is 0 Å². The number of imide groups is 1. The molecule has 1 aromatic carbocycles. The second-order valence-electron chi connectivity index (χ2n) is 6.63.